The van der Waals surface area contributed by atoms with Crippen molar-refractivity contribution in [3.63, 3.8) is 0 Å². The fraction of sp³-hybridized carbons (Fsp3) is 0.273. The second-order valence-corrected chi connectivity index (χ2v) is 4.32. The molecule has 0 bridgehead atoms. The fourth-order valence-electron chi connectivity index (χ4n) is 1.42. The Morgan fingerprint density at radius 2 is 1.67 bits per heavy atom. The fourth-order valence-corrected chi connectivity index (χ4v) is 2.34. The number of carbonyl (C=O) groups excluding carboxylic acids is 2. The summed E-state index contributed by atoms with van der Waals surface area (Å²) in [7, 11) is 0. The maximum Gasteiger partial charge on any atom is 0.230 e. The van der Waals surface area contributed by atoms with Crippen molar-refractivity contribution in [2.75, 3.05) is 5.88 Å². The van der Waals surface area contributed by atoms with Gasteiger partial charge >= 0.3 is 0 Å². The third kappa shape index (κ3) is 2.39. The van der Waals surface area contributed by atoms with E-state index < -0.39 is 0 Å². The first-order chi connectivity index (χ1) is 7.27. The van der Waals surface area contributed by atoms with Gasteiger partial charge in [-0.2, -0.15) is 0 Å². The van der Waals surface area contributed by atoms with E-state index in [4.69, 9.17) is 0 Å². The molecule has 1 aromatic carbocycles. The molecule has 0 aromatic heterocycles. The van der Waals surface area contributed by atoms with Crippen molar-refractivity contribution >= 4 is 23.6 Å². The summed E-state index contributed by atoms with van der Waals surface area (Å²) in [6.45, 7) is 0. The van der Waals surface area contributed by atoms with Gasteiger partial charge in [0.15, 0.2) is 0 Å². The highest BCUT2D eigenvalue weighted by Gasteiger charge is 2.28. The minimum Gasteiger partial charge on any atom is -0.274 e. The summed E-state index contributed by atoms with van der Waals surface area (Å²) in [4.78, 5) is 25.0. The number of benzene rings is 1. The number of hydrogen-bond donors (Lipinski definition) is 0. The third-order valence-corrected chi connectivity index (χ3v) is 3.25. The molecule has 1 aromatic rings. The first kappa shape index (κ1) is 10.2. The number of rotatable bonds is 3. The molecule has 2 rings (SSSR count). The van der Waals surface area contributed by atoms with Gasteiger partial charge in [0.1, 0.15) is 0 Å². The Hall–Kier alpha value is -1.29. The van der Waals surface area contributed by atoms with Crippen LogP contribution in [-0.4, -0.2) is 22.6 Å². The lowest BCUT2D eigenvalue weighted by molar-refractivity contribution is -0.137. The Kier molecular flexibility index (Phi) is 3.06. The lowest BCUT2D eigenvalue weighted by Gasteiger charge is -2.12. The third-order valence-electron chi connectivity index (χ3n) is 2.26. The van der Waals surface area contributed by atoms with Crippen LogP contribution < -0.4 is 0 Å². The van der Waals surface area contributed by atoms with Gasteiger partial charge in [0.05, 0.1) is 5.88 Å². The van der Waals surface area contributed by atoms with Crippen LogP contribution in [0.5, 0.6) is 0 Å². The van der Waals surface area contributed by atoms with Crippen LogP contribution in [0.3, 0.4) is 0 Å². The molecule has 0 unspecified atom stereocenters. The van der Waals surface area contributed by atoms with Gasteiger partial charge in [-0.25, -0.2) is 0 Å². The first-order valence-electron chi connectivity index (χ1n) is 4.78. The summed E-state index contributed by atoms with van der Waals surface area (Å²) in [5, 5.41) is 0. The van der Waals surface area contributed by atoms with Crippen LogP contribution in [0.2, 0.25) is 0 Å². The highest BCUT2D eigenvalue weighted by molar-refractivity contribution is 7.99. The molecule has 0 radical (unpaired) electrons. The molecular formula is C11H11NO2S. The molecule has 1 fully saturated rings. The zero-order valence-electron chi connectivity index (χ0n) is 8.18. The van der Waals surface area contributed by atoms with Crippen LogP contribution in [0.25, 0.3) is 0 Å². The van der Waals surface area contributed by atoms with Crippen LogP contribution in [0.4, 0.5) is 0 Å². The Morgan fingerprint density at radius 3 is 2.27 bits per heavy atom. The molecule has 4 heteroatoms. The molecule has 78 valence electrons. The predicted molar refractivity (Wildman–Crippen MR) is 58.3 cm³/mol. The average Bonchev–Trinajstić information content (AvgIpc) is 2.58. The van der Waals surface area contributed by atoms with Crippen molar-refractivity contribution in [3.05, 3.63) is 30.3 Å². The van der Waals surface area contributed by atoms with Crippen LogP contribution in [-0.2, 0) is 9.59 Å². The maximum atomic E-state index is 11.3. The van der Waals surface area contributed by atoms with E-state index in [9.17, 15) is 9.59 Å². The Morgan fingerprint density at radius 1 is 1.07 bits per heavy atom. The van der Waals surface area contributed by atoms with Gasteiger partial charge < -0.3 is 0 Å². The van der Waals surface area contributed by atoms with E-state index in [1.165, 1.54) is 16.7 Å². The monoisotopic (exact) mass is 221 g/mol. The maximum absolute atomic E-state index is 11.3. The van der Waals surface area contributed by atoms with E-state index in [0.717, 1.165) is 4.90 Å². The van der Waals surface area contributed by atoms with E-state index in [-0.39, 0.29) is 11.8 Å². The van der Waals surface area contributed by atoms with E-state index in [1.807, 2.05) is 30.3 Å². The smallest absolute Gasteiger partial charge is 0.230 e. The summed E-state index contributed by atoms with van der Waals surface area (Å²) >= 11 is 1.51. The van der Waals surface area contributed by atoms with Gasteiger partial charge in [0.25, 0.3) is 0 Å². The molecule has 0 N–H and O–H groups in total. The van der Waals surface area contributed by atoms with Crippen LogP contribution in [0, 0.1) is 0 Å². The van der Waals surface area contributed by atoms with Crippen molar-refractivity contribution in [2.24, 2.45) is 0 Å². The Labute approximate surface area is 92.5 Å². The molecule has 0 aliphatic carbocycles. The molecule has 2 amide bonds. The highest BCUT2D eigenvalue weighted by atomic mass is 32.2. The number of likely N-dealkylation sites (tertiary alicyclic amines) is 1. The molecule has 1 aliphatic heterocycles. The van der Waals surface area contributed by atoms with Gasteiger partial charge in [0.2, 0.25) is 11.8 Å². The molecule has 0 spiro atoms. The first-order valence-corrected chi connectivity index (χ1v) is 5.77. The summed E-state index contributed by atoms with van der Waals surface area (Å²) < 4.78 is 0. The lowest BCUT2D eigenvalue weighted by Crippen LogP contribution is -2.28. The molecule has 1 heterocycles. The van der Waals surface area contributed by atoms with Crippen molar-refractivity contribution in [3.8, 4) is 0 Å². The van der Waals surface area contributed by atoms with Gasteiger partial charge in [-0.15, -0.1) is 11.8 Å². The van der Waals surface area contributed by atoms with Crippen LogP contribution >= 0.6 is 11.8 Å². The van der Waals surface area contributed by atoms with Crippen molar-refractivity contribution < 1.29 is 9.59 Å². The summed E-state index contributed by atoms with van der Waals surface area (Å²) in [5.74, 6) is 0.327. The number of amides is 2. The highest BCUT2D eigenvalue weighted by Crippen LogP contribution is 2.21. The SMILES string of the molecule is O=C1CCC(=O)N1CSc1ccccc1. The number of imide groups is 1. The van der Waals surface area contributed by atoms with Crippen molar-refractivity contribution in [2.45, 2.75) is 17.7 Å². The number of thioether (sulfide) groups is 1. The topological polar surface area (TPSA) is 37.4 Å². The molecule has 15 heavy (non-hydrogen) atoms. The molecule has 1 aliphatic rings. The Bertz CT molecular complexity index is 361. The Balaban J connectivity index is 1.93. The summed E-state index contributed by atoms with van der Waals surface area (Å²) in [6, 6.07) is 9.76. The van der Waals surface area contributed by atoms with E-state index in [2.05, 4.69) is 0 Å². The quantitative estimate of drug-likeness (QED) is 0.577. The van der Waals surface area contributed by atoms with E-state index >= 15 is 0 Å². The van der Waals surface area contributed by atoms with Crippen molar-refractivity contribution in [1.29, 1.82) is 0 Å². The summed E-state index contributed by atoms with van der Waals surface area (Å²) in [6.07, 6.45) is 0.738. The average molecular weight is 221 g/mol. The van der Waals surface area contributed by atoms with Gasteiger partial charge in [-0.05, 0) is 12.1 Å². The minimum absolute atomic E-state index is 0.0524. The number of nitrogens with zero attached hydrogens (tertiary/aromatic N) is 1. The molecule has 0 atom stereocenters. The van der Waals surface area contributed by atoms with Crippen molar-refractivity contribution in [1.82, 2.24) is 4.90 Å². The summed E-state index contributed by atoms with van der Waals surface area (Å²) in [5.41, 5.74) is 0. The standard InChI is InChI=1S/C11H11NO2S/c13-10-6-7-11(14)12(10)8-15-9-4-2-1-3-5-9/h1-5H,6-8H2. The van der Waals surface area contributed by atoms with Gasteiger partial charge in [0, 0.05) is 17.7 Å². The largest absolute Gasteiger partial charge is 0.274 e. The predicted octanol–water partition coefficient (Wildman–Crippen LogP) is 1.89. The zero-order chi connectivity index (χ0) is 10.7. The second kappa shape index (κ2) is 4.49. The van der Waals surface area contributed by atoms with Crippen LogP contribution in [0.1, 0.15) is 12.8 Å². The van der Waals surface area contributed by atoms with Gasteiger partial charge in [-0.1, -0.05) is 18.2 Å². The van der Waals surface area contributed by atoms with Gasteiger partial charge in [-0.3, -0.25) is 14.5 Å². The molecule has 1 saturated heterocycles. The van der Waals surface area contributed by atoms with E-state index in [1.54, 1.807) is 0 Å². The zero-order valence-corrected chi connectivity index (χ0v) is 9.00. The number of carbonyl (C=O) groups is 2. The second-order valence-electron chi connectivity index (χ2n) is 3.30. The molecule has 0 saturated carbocycles. The van der Waals surface area contributed by atoms with E-state index in [0.29, 0.717) is 18.7 Å². The normalized spacial score (nSPS) is 16.1. The van der Waals surface area contributed by atoms with Crippen LogP contribution in [0.15, 0.2) is 35.2 Å². The molecule has 3 nitrogen and oxygen atoms in total. The molecular weight excluding hydrogens is 210 g/mol. The number of hydrogen-bond acceptors (Lipinski definition) is 3. The minimum atomic E-state index is -0.0524. The lowest BCUT2D eigenvalue weighted by atomic mass is 10.4.